The average Bonchev–Trinajstić information content (AvgIpc) is 3.10. The summed E-state index contributed by atoms with van der Waals surface area (Å²) in [7, 11) is -4.51. The molecule has 0 aromatic rings. The van der Waals surface area contributed by atoms with Crippen molar-refractivity contribution in [1.82, 2.24) is 0 Å². The lowest BCUT2D eigenvalue weighted by atomic mass is 10.0. The first-order valence-electron chi connectivity index (χ1n) is 20.7. The molecule has 0 heterocycles. The minimum atomic E-state index is -4.51. The van der Waals surface area contributed by atoms with Crippen molar-refractivity contribution in [3.05, 3.63) is 12.2 Å². The first-order valence-corrected chi connectivity index (χ1v) is 22.2. The summed E-state index contributed by atoms with van der Waals surface area (Å²) in [5.41, 5.74) is 0. The molecular weight excluding hydrogens is 655 g/mol. The predicted molar refractivity (Wildman–Crippen MR) is 205 cm³/mol. The van der Waals surface area contributed by atoms with Crippen LogP contribution >= 0.6 is 7.82 Å². The topological polar surface area (TPSA) is 132 Å². The number of hydrogen-bond donors (Lipinski definition) is 3. The molecule has 0 aromatic carbocycles. The number of ether oxygens (including phenoxy) is 2. The number of aliphatic hydroxyl groups excluding tert-OH is 2. The number of carbonyl (C=O) groups is 1. The molecule has 0 bridgehead atoms. The largest absolute Gasteiger partial charge is 0.472 e. The van der Waals surface area contributed by atoms with Gasteiger partial charge in [0.25, 0.3) is 0 Å². The van der Waals surface area contributed by atoms with Crippen LogP contribution in [0.25, 0.3) is 0 Å². The van der Waals surface area contributed by atoms with Gasteiger partial charge in [-0.1, -0.05) is 161 Å². The number of carbonyl (C=O) groups excluding carboxylic acids is 1. The highest BCUT2D eigenvalue weighted by atomic mass is 31.2. The SMILES string of the molecule is CCCCC/C=C\CCCCCCCCOCC(COP(=O)(O)OCC(O)CO)OC(=O)CCCCCCCCCCCCCCCCCC. The smallest absolute Gasteiger partial charge is 0.457 e. The van der Waals surface area contributed by atoms with E-state index in [0.29, 0.717) is 6.61 Å². The highest BCUT2D eigenvalue weighted by molar-refractivity contribution is 7.47. The first-order chi connectivity index (χ1) is 24.3. The molecule has 0 aromatic heterocycles. The second kappa shape index (κ2) is 37.9. The summed E-state index contributed by atoms with van der Waals surface area (Å²) in [4.78, 5) is 22.5. The molecule has 0 aliphatic heterocycles. The van der Waals surface area contributed by atoms with Crippen molar-refractivity contribution in [3.63, 3.8) is 0 Å². The number of rotatable bonds is 40. The van der Waals surface area contributed by atoms with Crippen molar-refractivity contribution >= 4 is 13.8 Å². The third-order valence-electron chi connectivity index (χ3n) is 8.95. The maximum atomic E-state index is 12.6. The molecular formula is C40H79O9P. The Morgan fingerprint density at radius 1 is 0.600 bits per heavy atom. The van der Waals surface area contributed by atoms with E-state index in [2.05, 4.69) is 26.0 Å². The molecule has 0 aliphatic rings. The number of phosphoric acid groups is 1. The fourth-order valence-electron chi connectivity index (χ4n) is 5.76. The second-order valence-electron chi connectivity index (χ2n) is 14.0. The Morgan fingerprint density at radius 2 is 1.02 bits per heavy atom. The molecule has 0 rings (SSSR count). The molecule has 3 atom stereocenters. The summed E-state index contributed by atoms with van der Waals surface area (Å²) in [5, 5.41) is 18.3. The van der Waals surface area contributed by atoms with Gasteiger partial charge in [0, 0.05) is 13.0 Å². The molecule has 298 valence electrons. The zero-order valence-electron chi connectivity index (χ0n) is 32.4. The van der Waals surface area contributed by atoms with Crippen LogP contribution in [-0.4, -0.2) is 66.3 Å². The fourth-order valence-corrected chi connectivity index (χ4v) is 6.55. The molecule has 50 heavy (non-hydrogen) atoms. The van der Waals surface area contributed by atoms with Gasteiger partial charge in [-0.3, -0.25) is 13.8 Å². The van der Waals surface area contributed by atoms with Crippen LogP contribution in [0.1, 0.15) is 194 Å². The van der Waals surface area contributed by atoms with E-state index in [1.807, 2.05) is 0 Å². The number of hydrogen-bond acceptors (Lipinski definition) is 8. The molecule has 0 fully saturated rings. The van der Waals surface area contributed by atoms with Gasteiger partial charge >= 0.3 is 13.8 Å². The minimum absolute atomic E-state index is 0.0502. The second-order valence-corrected chi connectivity index (χ2v) is 15.5. The lowest BCUT2D eigenvalue weighted by Crippen LogP contribution is -2.29. The van der Waals surface area contributed by atoms with Crippen molar-refractivity contribution < 1.29 is 43.0 Å². The Labute approximate surface area is 307 Å². The van der Waals surface area contributed by atoms with Gasteiger partial charge in [-0.25, -0.2) is 4.57 Å². The van der Waals surface area contributed by atoms with Gasteiger partial charge in [-0.15, -0.1) is 0 Å². The van der Waals surface area contributed by atoms with Crippen LogP contribution in [0, 0.1) is 0 Å². The maximum absolute atomic E-state index is 12.6. The summed E-state index contributed by atoms with van der Waals surface area (Å²) in [6.07, 6.45) is 35.9. The Balaban J connectivity index is 4.17. The van der Waals surface area contributed by atoms with Gasteiger partial charge in [0.1, 0.15) is 12.2 Å². The van der Waals surface area contributed by atoms with Crippen LogP contribution < -0.4 is 0 Å². The Bertz CT molecular complexity index is 795. The summed E-state index contributed by atoms with van der Waals surface area (Å²) in [6, 6.07) is 0. The number of phosphoric ester groups is 1. The zero-order chi connectivity index (χ0) is 36.8. The van der Waals surface area contributed by atoms with Gasteiger partial charge in [-0.05, 0) is 38.5 Å². The normalized spacial score (nSPS) is 14.3. The maximum Gasteiger partial charge on any atom is 0.472 e. The number of unbranched alkanes of at least 4 members (excludes halogenated alkanes) is 24. The van der Waals surface area contributed by atoms with Crippen LogP contribution in [0.5, 0.6) is 0 Å². The highest BCUT2D eigenvalue weighted by Crippen LogP contribution is 2.43. The van der Waals surface area contributed by atoms with Crippen molar-refractivity contribution in [2.24, 2.45) is 0 Å². The third kappa shape index (κ3) is 37.0. The predicted octanol–water partition coefficient (Wildman–Crippen LogP) is 10.9. The third-order valence-corrected chi connectivity index (χ3v) is 9.90. The van der Waals surface area contributed by atoms with Gasteiger partial charge < -0.3 is 24.6 Å². The van der Waals surface area contributed by atoms with Crippen LogP contribution in [0.2, 0.25) is 0 Å². The van der Waals surface area contributed by atoms with Gasteiger partial charge in [0.2, 0.25) is 0 Å². The molecule has 10 heteroatoms. The molecule has 0 radical (unpaired) electrons. The van der Waals surface area contributed by atoms with Crippen molar-refractivity contribution in [2.75, 3.05) is 33.0 Å². The lowest BCUT2D eigenvalue weighted by Gasteiger charge is -2.20. The van der Waals surface area contributed by atoms with Crippen molar-refractivity contribution in [2.45, 2.75) is 206 Å². The van der Waals surface area contributed by atoms with Crippen LogP contribution in [0.4, 0.5) is 0 Å². The Morgan fingerprint density at radius 3 is 1.54 bits per heavy atom. The van der Waals surface area contributed by atoms with E-state index in [1.54, 1.807) is 0 Å². The molecule has 0 amide bonds. The summed E-state index contributed by atoms with van der Waals surface area (Å²) in [6.45, 7) is 3.51. The van der Waals surface area contributed by atoms with Gasteiger partial charge in [0.15, 0.2) is 0 Å². The highest BCUT2D eigenvalue weighted by Gasteiger charge is 2.26. The van der Waals surface area contributed by atoms with Crippen LogP contribution in [0.3, 0.4) is 0 Å². The molecule has 9 nitrogen and oxygen atoms in total. The van der Waals surface area contributed by atoms with Crippen molar-refractivity contribution in [3.8, 4) is 0 Å². The molecule has 0 saturated heterocycles. The summed E-state index contributed by atoms with van der Waals surface area (Å²) < 4.78 is 33.3. The van der Waals surface area contributed by atoms with E-state index >= 15 is 0 Å². The molecule has 0 spiro atoms. The minimum Gasteiger partial charge on any atom is -0.457 e. The lowest BCUT2D eigenvalue weighted by molar-refractivity contribution is -0.154. The quantitative estimate of drug-likeness (QED) is 0.0243. The van der Waals surface area contributed by atoms with Crippen LogP contribution in [0.15, 0.2) is 12.2 Å². The van der Waals surface area contributed by atoms with E-state index in [-0.39, 0.29) is 25.6 Å². The monoisotopic (exact) mass is 735 g/mol. The van der Waals surface area contributed by atoms with E-state index in [1.165, 1.54) is 128 Å². The van der Waals surface area contributed by atoms with Crippen molar-refractivity contribution in [1.29, 1.82) is 0 Å². The average molecular weight is 735 g/mol. The Kier molecular flexibility index (Phi) is 37.3. The molecule has 3 N–H and O–H groups in total. The summed E-state index contributed by atoms with van der Waals surface area (Å²) >= 11 is 0. The zero-order valence-corrected chi connectivity index (χ0v) is 33.3. The summed E-state index contributed by atoms with van der Waals surface area (Å²) in [5.74, 6) is -0.382. The number of aliphatic hydroxyl groups is 2. The van der Waals surface area contributed by atoms with E-state index in [0.717, 1.165) is 44.9 Å². The first kappa shape index (κ1) is 49.2. The Hall–Kier alpha value is -0.800. The molecule has 0 saturated carbocycles. The van der Waals surface area contributed by atoms with E-state index < -0.39 is 33.2 Å². The fraction of sp³-hybridized carbons (Fsp3) is 0.925. The van der Waals surface area contributed by atoms with Gasteiger partial charge in [0.05, 0.1) is 26.4 Å². The number of esters is 1. The molecule has 3 unspecified atom stereocenters. The van der Waals surface area contributed by atoms with Crippen LogP contribution in [-0.2, 0) is 27.9 Å². The number of allylic oxidation sites excluding steroid dienone is 2. The van der Waals surface area contributed by atoms with Gasteiger partial charge in [-0.2, -0.15) is 0 Å². The van der Waals surface area contributed by atoms with E-state index in [4.69, 9.17) is 23.6 Å². The standard InChI is InChI=1S/C40H79O9P/c1-3-5-7-9-11-13-15-17-18-19-20-22-24-26-28-30-32-40(43)49-39(37-48-50(44,45)47-35-38(42)34-41)36-46-33-31-29-27-25-23-21-16-14-12-10-8-6-4-2/h12,14,38-39,41-42H,3-11,13,15-37H2,1-2H3,(H,44,45)/b14-12-. The van der Waals surface area contributed by atoms with E-state index in [9.17, 15) is 19.4 Å². The molecule has 0 aliphatic carbocycles.